The summed E-state index contributed by atoms with van der Waals surface area (Å²) in [6.45, 7) is 103. The summed E-state index contributed by atoms with van der Waals surface area (Å²) in [5.41, 5.74) is 0. The summed E-state index contributed by atoms with van der Waals surface area (Å²) < 4.78 is 71.1. The first kappa shape index (κ1) is 107. The zero-order valence-electron chi connectivity index (χ0n) is 80.3. The standard InChI is InChI=1S/C13H29NSi.C12H27NSi.2C11H25NSi.C10H20F2Si.C10H23NO2Si.C10H23NOSi.C9H19F2NSi/c1-7-15(8-2)9-13(11(3)4)14(10-15)12(5)6;1-10(2)12-9-14(5,6)8-7-13(12)11(3)4;2*1-9(2)11-7-13(5,6)8-12(11)10(3)4;1-7(2)9-5-13(11,12)6-10(9)8(3)4;1-8(2)10-11(9(3)4)7-12-14(5,6)13-10;1-8(2)10-11(9(3)4)7-13(5,6)12-10;1-7(2)9-5-13(10,11)6-12(9)8(3)4/h11-13H,7-10H2,1-6H3;10-12H,7-9H2,1-6H3;2*9-11H,7-8H2,1-6H3;7-10H,5-6H2,1-4H3;8-10H,7H2,1-6H3;8-10H,7H2,1-6H3;7-9H,5-6H2,1-4H3. The number of nitrogens with zero attached hydrogens (tertiary/aromatic N) is 7. The van der Waals surface area contributed by atoms with E-state index in [2.05, 4.69) is 303 Å². The summed E-state index contributed by atoms with van der Waals surface area (Å²) >= 11 is 0. The van der Waals surface area contributed by atoms with Crippen molar-refractivity contribution < 1.29 is 29.7 Å². The minimum Gasteiger partial charge on any atom is -0.400 e. The van der Waals surface area contributed by atoms with Gasteiger partial charge in [0, 0.05) is 96.8 Å². The number of rotatable bonds is 18. The lowest BCUT2D eigenvalue weighted by Gasteiger charge is -2.46. The van der Waals surface area contributed by atoms with Gasteiger partial charge in [-0.05, 0) is 243 Å². The SMILES string of the molecule is CC(C)C1C[Si](C)(C)CCN1C(C)C.CC(C)C1C[Si](C)(C)CN1C(C)C.CC(C)C1C[Si](C)(C)CN1C(C)C.CC(C)C1C[Si](F)(F)CC1C(C)C.CC(C)C1C[Si](F)(F)CN1C(C)C.CC(C)C1O[Si](C)(C)CN1C(C)C.CC(C)C1O[Si](C)(C)OCN1C(C)C.CC[Si]1(CC)CC(C(C)C)N(C(C)C)C1. The maximum Gasteiger partial charge on any atom is 0.439 e. The van der Waals surface area contributed by atoms with Crippen LogP contribution in [0.5, 0.6) is 0 Å². The average molecular weight is 1670 g/mol. The molecule has 9 atom stereocenters. The van der Waals surface area contributed by atoms with E-state index in [0.717, 1.165) is 78.7 Å². The van der Waals surface area contributed by atoms with E-state index in [1.54, 1.807) is 6.04 Å². The third-order valence-electron chi connectivity index (χ3n) is 25.9. The van der Waals surface area contributed by atoms with Crippen molar-refractivity contribution in [3.05, 3.63) is 0 Å². The molecule has 0 radical (unpaired) electrons. The van der Waals surface area contributed by atoms with Crippen LogP contribution in [0.4, 0.5) is 16.4 Å². The summed E-state index contributed by atoms with van der Waals surface area (Å²) in [4.78, 5) is 17.8. The molecule has 0 bridgehead atoms. The van der Waals surface area contributed by atoms with Gasteiger partial charge >= 0.3 is 26.0 Å². The first-order chi connectivity index (χ1) is 48.8. The largest absolute Gasteiger partial charge is 0.439 e. The Kier molecular flexibility index (Phi) is 45.1. The van der Waals surface area contributed by atoms with Gasteiger partial charge in [0.2, 0.25) is 8.32 Å². The molecule has 0 spiro atoms. The molecule has 22 heteroatoms. The molecule has 8 aliphatic heterocycles. The molecule has 8 aliphatic rings. The van der Waals surface area contributed by atoms with Gasteiger partial charge in [0.1, 0.15) is 12.5 Å². The van der Waals surface area contributed by atoms with E-state index in [1.165, 1.54) is 67.5 Å². The summed E-state index contributed by atoms with van der Waals surface area (Å²) in [5.74, 6) is 6.20. The van der Waals surface area contributed by atoms with E-state index in [4.69, 9.17) is 13.3 Å². The number of hydrogen-bond donors (Lipinski definition) is 0. The van der Waals surface area contributed by atoms with Crippen molar-refractivity contribution in [3.63, 3.8) is 0 Å². The van der Waals surface area contributed by atoms with Crippen LogP contribution in [0.25, 0.3) is 0 Å². The molecule has 8 fully saturated rings. The molecule has 0 aromatic carbocycles. The van der Waals surface area contributed by atoms with Crippen molar-refractivity contribution in [1.82, 2.24) is 34.3 Å². The molecule has 0 aromatic heterocycles. The lowest BCUT2D eigenvalue weighted by Crippen LogP contribution is -2.58. The third kappa shape index (κ3) is 35.2. The molecule has 8 rings (SSSR count). The highest BCUT2D eigenvalue weighted by Crippen LogP contribution is 2.48. The fourth-order valence-corrected chi connectivity index (χ4v) is 43.4. The first-order valence-electron chi connectivity index (χ1n) is 44.8. The number of halogens is 4. The molecule has 9 unspecified atom stereocenters. The van der Waals surface area contributed by atoms with Crippen LogP contribution in [-0.2, 0) is 13.3 Å². The fourth-order valence-electron chi connectivity index (χ4n) is 19.0. The maximum atomic E-state index is 13.3. The number of hydrogen-bond acceptors (Lipinski definition) is 10. The molecule has 108 heavy (non-hydrogen) atoms. The maximum absolute atomic E-state index is 13.3. The highest BCUT2D eigenvalue weighted by molar-refractivity contribution is 6.81. The lowest BCUT2D eigenvalue weighted by molar-refractivity contribution is -0.128. The topological polar surface area (TPSA) is 50.4 Å². The molecule has 8 heterocycles. The van der Waals surface area contributed by atoms with Gasteiger partial charge in [-0.15, -0.1) is 0 Å². The quantitative estimate of drug-likeness (QED) is 0.0754. The second kappa shape index (κ2) is 45.5. The van der Waals surface area contributed by atoms with Crippen LogP contribution in [0.1, 0.15) is 235 Å². The van der Waals surface area contributed by atoms with E-state index in [9.17, 15) is 16.4 Å². The molecule has 648 valence electrons. The molecule has 10 nitrogen and oxygen atoms in total. The van der Waals surface area contributed by atoms with Crippen LogP contribution in [0.15, 0.2) is 0 Å². The first-order valence-corrected chi connectivity index (χ1v) is 68.2. The van der Waals surface area contributed by atoms with Crippen LogP contribution in [0.2, 0.25) is 126 Å². The monoisotopic (exact) mass is 1670 g/mol. The van der Waals surface area contributed by atoms with Crippen LogP contribution in [-0.4, -0.2) is 230 Å². The van der Waals surface area contributed by atoms with E-state index in [1.807, 2.05) is 32.6 Å². The Hall–Kier alpha value is 1.06. The Morgan fingerprint density at radius 3 is 0.889 bits per heavy atom. The molecule has 8 saturated heterocycles. The molecule has 0 N–H and O–H groups in total. The Balaban J connectivity index is 0.000000617. The summed E-state index contributed by atoms with van der Waals surface area (Å²) in [5, 5.41) is 0. The normalized spacial score (nSPS) is 29.2. The smallest absolute Gasteiger partial charge is 0.400 e. The van der Waals surface area contributed by atoms with Crippen molar-refractivity contribution in [1.29, 1.82) is 0 Å². The molecular formula is C86H191F4N7O3Si8. The van der Waals surface area contributed by atoms with Gasteiger partial charge < -0.3 is 28.0 Å². The van der Waals surface area contributed by atoms with Crippen LogP contribution >= 0.6 is 0 Å². The van der Waals surface area contributed by atoms with Crippen molar-refractivity contribution in [2.45, 2.75) is 446 Å². The highest BCUT2D eigenvalue weighted by atomic mass is 28.4. The zero-order valence-corrected chi connectivity index (χ0v) is 88.3. The Morgan fingerprint density at radius 2 is 0.602 bits per heavy atom. The summed E-state index contributed by atoms with van der Waals surface area (Å²) in [7, 11) is -14.4. The molecule has 0 aromatic rings. The second-order valence-corrected chi connectivity index (χ2v) is 77.0. The van der Waals surface area contributed by atoms with Gasteiger partial charge in [-0.1, -0.05) is 190 Å². The van der Waals surface area contributed by atoms with Crippen LogP contribution < -0.4 is 0 Å². The predicted octanol–water partition coefficient (Wildman–Crippen LogP) is 24.6. The van der Waals surface area contributed by atoms with Crippen molar-refractivity contribution in [3.8, 4) is 0 Å². The molecule has 0 amide bonds. The zero-order chi connectivity index (χ0) is 84.6. The average Bonchev–Trinajstić information content (AvgIpc) is 1.77. The predicted molar refractivity (Wildman–Crippen MR) is 492 cm³/mol. The van der Waals surface area contributed by atoms with Gasteiger partial charge in [-0.3, -0.25) is 36.0 Å². The van der Waals surface area contributed by atoms with E-state index < -0.39 is 66.7 Å². The van der Waals surface area contributed by atoms with Gasteiger partial charge in [0.05, 0.1) is 45.2 Å². The second-order valence-electron chi connectivity index (χ2n) is 44.2. The van der Waals surface area contributed by atoms with E-state index >= 15 is 0 Å². The minimum atomic E-state index is -3.87. The summed E-state index contributed by atoms with van der Waals surface area (Å²) in [6, 6.07) is 19.0. The Morgan fingerprint density at radius 1 is 0.296 bits per heavy atom. The van der Waals surface area contributed by atoms with Crippen molar-refractivity contribution in [2.75, 3.05) is 44.1 Å². The summed E-state index contributed by atoms with van der Waals surface area (Å²) in [6.07, 6.45) is 6.13. The van der Waals surface area contributed by atoms with E-state index in [0.29, 0.717) is 47.9 Å². The molecule has 0 saturated carbocycles. The van der Waals surface area contributed by atoms with Gasteiger partial charge in [0.25, 0.3) is 0 Å². The fraction of sp³-hybridized carbons (Fsp3) is 1.00. The van der Waals surface area contributed by atoms with Crippen LogP contribution in [0, 0.1) is 65.1 Å². The van der Waals surface area contributed by atoms with Crippen LogP contribution in [0.3, 0.4) is 0 Å². The minimum absolute atomic E-state index is 0.0769. The van der Waals surface area contributed by atoms with Gasteiger partial charge in [-0.25, -0.2) is 0 Å². The van der Waals surface area contributed by atoms with Gasteiger partial charge in [0.15, 0.2) is 0 Å². The lowest BCUT2D eigenvalue weighted by atomic mass is 9.80. The van der Waals surface area contributed by atoms with Crippen molar-refractivity contribution >= 4 is 66.7 Å². The molecular weight excluding hydrogens is 1480 g/mol. The van der Waals surface area contributed by atoms with Crippen molar-refractivity contribution in [2.24, 2.45) is 65.1 Å². The third-order valence-corrected chi connectivity index (χ3v) is 47.4. The Labute approximate surface area is 681 Å². The Bertz CT molecular complexity index is 2090. The van der Waals surface area contributed by atoms with E-state index in [-0.39, 0.29) is 54.4 Å². The molecule has 0 aliphatic carbocycles. The highest BCUT2D eigenvalue weighted by Gasteiger charge is 2.53. The van der Waals surface area contributed by atoms with Gasteiger partial charge in [-0.2, -0.15) is 0 Å².